The van der Waals surface area contributed by atoms with Crippen LogP contribution in [-0.2, 0) is 15.7 Å². The van der Waals surface area contributed by atoms with Crippen LogP contribution in [0.25, 0.3) is 0 Å². The van der Waals surface area contributed by atoms with Crippen molar-refractivity contribution in [3.8, 4) is 12.3 Å². The van der Waals surface area contributed by atoms with E-state index in [4.69, 9.17) is 6.42 Å². The maximum atomic E-state index is 11.9. The quantitative estimate of drug-likeness (QED) is 0.769. The van der Waals surface area contributed by atoms with Crippen LogP contribution in [0.3, 0.4) is 0 Å². The molecule has 0 spiro atoms. The number of hydrogen-bond donors (Lipinski definition) is 0. The molecule has 0 amide bonds. The number of sulfone groups is 1. The highest BCUT2D eigenvalue weighted by atomic mass is 32.2. The Morgan fingerprint density at radius 1 is 1.47 bits per heavy atom. The molecule has 0 aliphatic carbocycles. The van der Waals surface area contributed by atoms with Crippen molar-refractivity contribution >= 4 is 9.84 Å². The van der Waals surface area contributed by atoms with Gasteiger partial charge >= 0.3 is 6.18 Å². The summed E-state index contributed by atoms with van der Waals surface area (Å²) in [4.78, 5) is 0. The molecular formula is C9H9F3N2O2S. The van der Waals surface area contributed by atoms with E-state index in [1.165, 1.54) is 12.4 Å². The summed E-state index contributed by atoms with van der Waals surface area (Å²) in [6, 6.07) is 0. The van der Waals surface area contributed by atoms with Crippen molar-refractivity contribution in [3.05, 3.63) is 18.0 Å². The molecule has 1 heterocycles. The molecule has 1 aromatic rings. The molecule has 94 valence electrons. The van der Waals surface area contributed by atoms with E-state index in [2.05, 4.69) is 11.0 Å². The smallest absolute Gasteiger partial charge is 0.256 e. The molecule has 1 aromatic heterocycles. The molecule has 0 aliphatic rings. The Balaban J connectivity index is 2.64. The first-order valence-corrected chi connectivity index (χ1v) is 6.30. The van der Waals surface area contributed by atoms with Crippen LogP contribution in [0.2, 0.25) is 0 Å². The second-order valence-corrected chi connectivity index (χ2v) is 5.51. The molecule has 0 saturated heterocycles. The summed E-state index contributed by atoms with van der Waals surface area (Å²) in [6.07, 6.45) is 1.74. The first kappa shape index (κ1) is 13.6. The number of nitrogens with zero attached hydrogens (tertiary/aromatic N) is 2. The molecule has 0 radical (unpaired) electrons. The fourth-order valence-corrected chi connectivity index (χ4v) is 2.26. The average Bonchev–Trinajstić information content (AvgIpc) is 2.61. The van der Waals surface area contributed by atoms with Gasteiger partial charge in [-0.2, -0.15) is 18.3 Å². The van der Waals surface area contributed by atoms with Gasteiger partial charge in [-0.15, -0.1) is 6.42 Å². The number of aromatic nitrogens is 2. The first-order valence-electron chi connectivity index (χ1n) is 4.48. The van der Waals surface area contributed by atoms with Gasteiger partial charge in [-0.05, 0) is 0 Å². The standard InChI is InChI=1S/C9H9F3N2O2S/c1-2-8-5-13-14(6-8)7-17(15,16)4-3-9(10,11)12/h1,5-6H,3-4,7H2. The van der Waals surface area contributed by atoms with E-state index in [9.17, 15) is 21.6 Å². The van der Waals surface area contributed by atoms with Gasteiger partial charge in [0.25, 0.3) is 0 Å². The average molecular weight is 266 g/mol. The molecule has 0 unspecified atom stereocenters. The van der Waals surface area contributed by atoms with Gasteiger partial charge in [-0.3, -0.25) is 4.68 Å². The summed E-state index contributed by atoms with van der Waals surface area (Å²) in [5.41, 5.74) is 0.371. The molecule has 0 N–H and O–H groups in total. The number of terminal acetylenes is 1. The number of halogens is 3. The second-order valence-electron chi connectivity index (χ2n) is 3.35. The van der Waals surface area contributed by atoms with E-state index in [0.717, 1.165) is 4.68 Å². The zero-order valence-corrected chi connectivity index (χ0v) is 9.42. The fourth-order valence-electron chi connectivity index (χ4n) is 1.05. The summed E-state index contributed by atoms with van der Waals surface area (Å²) < 4.78 is 59.3. The molecule has 1 rings (SSSR count). The molecule has 0 aliphatic heterocycles. The van der Waals surface area contributed by atoms with Crippen LogP contribution in [0.1, 0.15) is 12.0 Å². The lowest BCUT2D eigenvalue weighted by molar-refractivity contribution is -0.129. The van der Waals surface area contributed by atoms with E-state index in [1.54, 1.807) is 0 Å². The van der Waals surface area contributed by atoms with Crippen molar-refractivity contribution < 1.29 is 21.6 Å². The number of alkyl halides is 3. The minimum Gasteiger partial charge on any atom is -0.256 e. The third-order valence-corrected chi connectivity index (χ3v) is 3.31. The molecule has 0 aromatic carbocycles. The predicted octanol–water partition coefficient (Wildman–Crippen LogP) is 1.19. The van der Waals surface area contributed by atoms with Crippen LogP contribution in [0, 0.1) is 12.3 Å². The first-order chi connectivity index (χ1) is 7.72. The summed E-state index contributed by atoms with van der Waals surface area (Å²) in [5.74, 6) is 0.668. The zero-order chi connectivity index (χ0) is 13.1. The van der Waals surface area contributed by atoms with Crippen molar-refractivity contribution in [3.63, 3.8) is 0 Å². The fraction of sp³-hybridized carbons (Fsp3) is 0.444. The monoisotopic (exact) mass is 266 g/mol. The van der Waals surface area contributed by atoms with E-state index in [0.29, 0.717) is 5.56 Å². The topological polar surface area (TPSA) is 52.0 Å². The largest absolute Gasteiger partial charge is 0.390 e. The Bertz CT molecular complexity index is 525. The van der Waals surface area contributed by atoms with Crippen molar-refractivity contribution in [2.24, 2.45) is 0 Å². The maximum absolute atomic E-state index is 11.9. The minimum absolute atomic E-state index is 0.371. The van der Waals surface area contributed by atoms with Crippen LogP contribution >= 0.6 is 0 Å². The predicted molar refractivity (Wildman–Crippen MR) is 54.6 cm³/mol. The Kier molecular flexibility index (Phi) is 3.83. The third-order valence-electron chi connectivity index (χ3n) is 1.83. The van der Waals surface area contributed by atoms with Crippen molar-refractivity contribution in [2.45, 2.75) is 18.5 Å². The highest BCUT2D eigenvalue weighted by Gasteiger charge is 2.30. The lowest BCUT2D eigenvalue weighted by Gasteiger charge is -2.07. The Morgan fingerprint density at radius 3 is 2.59 bits per heavy atom. The van der Waals surface area contributed by atoms with E-state index >= 15 is 0 Å². The van der Waals surface area contributed by atoms with Crippen molar-refractivity contribution in [2.75, 3.05) is 5.75 Å². The molecule has 0 bridgehead atoms. The molecule has 0 atom stereocenters. The Hall–Kier alpha value is -1.49. The van der Waals surface area contributed by atoms with Gasteiger partial charge in [0.05, 0.1) is 23.9 Å². The van der Waals surface area contributed by atoms with Gasteiger partial charge in [0.15, 0.2) is 9.84 Å². The van der Waals surface area contributed by atoms with E-state index in [1.807, 2.05) is 0 Å². The second kappa shape index (κ2) is 4.79. The molecule has 0 fully saturated rings. The summed E-state index contributed by atoms with van der Waals surface area (Å²) in [6.45, 7) is 0. The van der Waals surface area contributed by atoms with Gasteiger partial charge in [-0.1, -0.05) is 5.92 Å². The van der Waals surface area contributed by atoms with Gasteiger partial charge in [0.1, 0.15) is 5.88 Å². The van der Waals surface area contributed by atoms with Gasteiger partial charge < -0.3 is 0 Å². The SMILES string of the molecule is C#Cc1cnn(CS(=O)(=O)CCC(F)(F)F)c1. The molecule has 8 heteroatoms. The molecular weight excluding hydrogens is 257 g/mol. The van der Waals surface area contributed by atoms with Crippen LogP contribution < -0.4 is 0 Å². The van der Waals surface area contributed by atoms with Gasteiger partial charge in [0.2, 0.25) is 0 Å². The van der Waals surface area contributed by atoms with Crippen LogP contribution in [0.4, 0.5) is 13.2 Å². The van der Waals surface area contributed by atoms with Gasteiger partial charge in [0, 0.05) is 6.20 Å². The molecule has 4 nitrogen and oxygen atoms in total. The highest BCUT2D eigenvalue weighted by molar-refractivity contribution is 7.90. The van der Waals surface area contributed by atoms with Crippen molar-refractivity contribution in [1.29, 1.82) is 0 Å². The normalized spacial score (nSPS) is 12.4. The molecule has 17 heavy (non-hydrogen) atoms. The van der Waals surface area contributed by atoms with E-state index in [-0.39, 0.29) is 0 Å². The summed E-state index contributed by atoms with van der Waals surface area (Å²) in [5, 5.41) is 3.63. The minimum atomic E-state index is -4.48. The van der Waals surface area contributed by atoms with Crippen LogP contribution in [-0.4, -0.2) is 30.1 Å². The lowest BCUT2D eigenvalue weighted by Crippen LogP contribution is -2.20. The summed E-state index contributed by atoms with van der Waals surface area (Å²) >= 11 is 0. The van der Waals surface area contributed by atoms with Crippen molar-refractivity contribution in [1.82, 2.24) is 9.78 Å². The highest BCUT2D eigenvalue weighted by Crippen LogP contribution is 2.20. The van der Waals surface area contributed by atoms with Gasteiger partial charge in [-0.25, -0.2) is 8.42 Å². The Morgan fingerprint density at radius 2 is 2.12 bits per heavy atom. The zero-order valence-electron chi connectivity index (χ0n) is 8.61. The third kappa shape index (κ3) is 4.91. The van der Waals surface area contributed by atoms with Crippen LogP contribution in [0.5, 0.6) is 0 Å². The number of hydrogen-bond acceptors (Lipinski definition) is 3. The van der Waals surface area contributed by atoms with E-state index < -0.39 is 34.1 Å². The maximum Gasteiger partial charge on any atom is 0.390 e. The molecule has 0 saturated carbocycles. The lowest BCUT2D eigenvalue weighted by atomic mass is 10.4. The number of rotatable bonds is 4. The Labute approximate surface area is 96.3 Å². The summed E-state index contributed by atoms with van der Waals surface area (Å²) in [7, 11) is -3.85. The van der Waals surface area contributed by atoms with Crippen LogP contribution in [0.15, 0.2) is 12.4 Å².